The van der Waals surface area contributed by atoms with Gasteiger partial charge in [-0.05, 0) is 35.4 Å². The van der Waals surface area contributed by atoms with Crippen molar-refractivity contribution in [1.29, 1.82) is 0 Å². The lowest BCUT2D eigenvalue weighted by Gasteiger charge is -2.26. The van der Waals surface area contributed by atoms with Crippen molar-refractivity contribution in [1.82, 2.24) is 5.43 Å². The highest BCUT2D eigenvalue weighted by molar-refractivity contribution is 9.10. The van der Waals surface area contributed by atoms with Gasteiger partial charge in [0, 0.05) is 10.0 Å². The SMILES string of the molecule is O=C(N/N=C\c1ccc(-c2cccc(Br)c2)o1)C(O)(c1ccccc1)c1ccccc1. The average Bonchev–Trinajstić information content (AvgIpc) is 3.28. The highest BCUT2D eigenvalue weighted by Gasteiger charge is 2.39. The maximum atomic E-state index is 13.0. The molecule has 31 heavy (non-hydrogen) atoms. The molecule has 0 unspecified atom stereocenters. The van der Waals surface area contributed by atoms with E-state index in [9.17, 15) is 9.90 Å². The van der Waals surface area contributed by atoms with Crippen LogP contribution in [-0.2, 0) is 10.4 Å². The summed E-state index contributed by atoms with van der Waals surface area (Å²) in [6.45, 7) is 0. The van der Waals surface area contributed by atoms with Crippen LogP contribution >= 0.6 is 15.9 Å². The summed E-state index contributed by atoms with van der Waals surface area (Å²) in [4.78, 5) is 13.0. The van der Waals surface area contributed by atoms with Crippen LogP contribution in [0.25, 0.3) is 11.3 Å². The summed E-state index contributed by atoms with van der Waals surface area (Å²) in [6.07, 6.45) is 1.40. The molecule has 0 spiro atoms. The van der Waals surface area contributed by atoms with Crippen molar-refractivity contribution >= 4 is 28.1 Å². The average molecular weight is 475 g/mol. The Balaban J connectivity index is 1.54. The highest BCUT2D eigenvalue weighted by Crippen LogP contribution is 2.30. The zero-order valence-corrected chi connectivity index (χ0v) is 18.0. The first-order chi connectivity index (χ1) is 15.1. The predicted molar refractivity (Wildman–Crippen MR) is 123 cm³/mol. The minimum atomic E-state index is -1.88. The van der Waals surface area contributed by atoms with Gasteiger partial charge in [0.05, 0.1) is 6.21 Å². The van der Waals surface area contributed by atoms with Gasteiger partial charge in [-0.15, -0.1) is 0 Å². The van der Waals surface area contributed by atoms with Crippen LogP contribution in [0.2, 0.25) is 0 Å². The predicted octanol–water partition coefficient (Wildman–Crippen LogP) is 5.10. The fourth-order valence-corrected chi connectivity index (χ4v) is 3.64. The maximum absolute atomic E-state index is 13.0. The molecule has 1 heterocycles. The second kappa shape index (κ2) is 9.12. The van der Waals surface area contributed by atoms with E-state index in [0.29, 0.717) is 22.6 Å². The Hall–Kier alpha value is -3.48. The number of nitrogens with one attached hydrogen (secondary N) is 1. The number of hydrazone groups is 1. The van der Waals surface area contributed by atoms with Crippen LogP contribution in [0, 0.1) is 0 Å². The standard InChI is InChI=1S/C25H19BrN2O3/c26-21-13-7-8-18(16-21)23-15-14-22(31-23)17-27-28-24(29)25(30,19-9-3-1-4-10-19)20-11-5-2-6-12-20/h1-17,30H,(H,28,29)/b27-17-. The fraction of sp³-hybridized carbons (Fsp3) is 0.0400. The summed E-state index contributed by atoms with van der Waals surface area (Å²) in [6, 6.07) is 28.9. The topological polar surface area (TPSA) is 74.8 Å². The van der Waals surface area contributed by atoms with E-state index in [1.54, 1.807) is 54.6 Å². The molecular formula is C25H19BrN2O3. The Bertz CT molecular complexity index is 1160. The first kappa shape index (κ1) is 20.8. The van der Waals surface area contributed by atoms with Gasteiger partial charge >= 0.3 is 0 Å². The Labute approximate surface area is 188 Å². The molecule has 3 aromatic carbocycles. The van der Waals surface area contributed by atoms with Crippen LogP contribution in [0.3, 0.4) is 0 Å². The van der Waals surface area contributed by atoms with Crippen molar-refractivity contribution in [3.8, 4) is 11.3 Å². The molecular weight excluding hydrogens is 456 g/mol. The largest absolute Gasteiger partial charge is 0.455 e. The lowest BCUT2D eigenvalue weighted by Crippen LogP contribution is -2.43. The molecule has 154 valence electrons. The molecule has 0 saturated carbocycles. The van der Waals surface area contributed by atoms with Crippen molar-refractivity contribution < 1.29 is 14.3 Å². The van der Waals surface area contributed by atoms with E-state index >= 15 is 0 Å². The van der Waals surface area contributed by atoms with Gasteiger partial charge in [-0.2, -0.15) is 5.10 Å². The number of hydrogen-bond acceptors (Lipinski definition) is 4. The quantitative estimate of drug-likeness (QED) is 0.301. The lowest BCUT2D eigenvalue weighted by molar-refractivity contribution is -0.136. The van der Waals surface area contributed by atoms with Gasteiger partial charge in [-0.1, -0.05) is 88.7 Å². The first-order valence-corrected chi connectivity index (χ1v) is 10.4. The molecule has 1 aromatic heterocycles. The third kappa shape index (κ3) is 4.50. The van der Waals surface area contributed by atoms with Crippen molar-refractivity contribution in [3.63, 3.8) is 0 Å². The molecule has 0 aliphatic heterocycles. The van der Waals surface area contributed by atoms with Crippen LogP contribution in [0.15, 0.2) is 111 Å². The van der Waals surface area contributed by atoms with Crippen LogP contribution in [0.1, 0.15) is 16.9 Å². The Morgan fingerprint density at radius 3 is 2.16 bits per heavy atom. The molecule has 0 saturated heterocycles. The molecule has 0 fully saturated rings. The van der Waals surface area contributed by atoms with E-state index in [4.69, 9.17) is 4.42 Å². The first-order valence-electron chi connectivity index (χ1n) is 9.60. The van der Waals surface area contributed by atoms with Crippen molar-refractivity contribution in [2.24, 2.45) is 5.10 Å². The highest BCUT2D eigenvalue weighted by atomic mass is 79.9. The molecule has 2 N–H and O–H groups in total. The van der Waals surface area contributed by atoms with Gasteiger partial charge in [-0.3, -0.25) is 4.79 Å². The summed E-state index contributed by atoms with van der Waals surface area (Å²) >= 11 is 3.44. The second-order valence-electron chi connectivity index (χ2n) is 6.85. The summed E-state index contributed by atoms with van der Waals surface area (Å²) in [5.41, 5.74) is 2.37. The summed E-state index contributed by atoms with van der Waals surface area (Å²) in [7, 11) is 0. The van der Waals surface area contributed by atoms with Crippen molar-refractivity contribution in [2.45, 2.75) is 5.60 Å². The molecule has 1 amide bonds. The molecule has 0 radical (unpaired) electrons. The van der Waals surface area contributed by atoms with Crippen molar-refractivity contribution in [2.75, 3.05) is 0 Å². The molecule has 0 atom stereocenters. The zero-order valence-electron chi connectivity index (χ0n) is 16.4. The smallest absolute Gasteiger partial charge is 0.281 e. The zero-order chi connectivity index (χ0) is 21.7. The third-order valence-electron chi connectivity index (χ3n) is 4.81. The van der Waals surface area contributed by atoms with Gasteiger partial charge in [0.15, 0.2) is 5.60 Å². The second-order valence-corrected chi connectivity index (χ2v) is 7.77. The number of amides is 1. The number of halogens is 1. The van der Waals surface area contributed by atoms with Crippen LogP contribution in [-0.4, -0.2) is 17.2 Å². The molecule has 5 nitrogen and oxygen atoms in total. The van der Waals surface area contributed by atoms with Gasteiger partial charge in [-0.25, -0.2) is 5.43 Å². The molecule has 6 heteroatoms. The minimum Gasteiger partial charge on any atom is -0.455 e. The van der Waals surface area contributed by atoms with Crippen molar-refractivity contribution in [3.05, 3.63) is 118 Å². The summed E-state index contributed by atoms with van der Waals surface area (Å²) in [5.74, 6) is 0.484. The molecule has 4 rings (SSSR count). The van der Waals surface area contributed by atoms with E-state index in [1.165, 1.54) is 6.21 Å². The van der Waals surface area contributed by atoms with E-state index in [0.717, 1.165) is 10.0 Å². The number of carbonyl (C=O) groups is 1. The van der Waals surface area contributed by atoms with Crippen LogP contribution in [0.5, 0.6) is 0 Å². The number of carbonyl (C=O) groups excluding carboxylic acids is 1. The number of rotatable bonds is 6. The van der Waals surface area contributed by atoms with E-state index in [1.807, 2.05) is 42.5 Å². The van der Waals surface area contributed by atoms with Gasteiger partial charge in [0.2, 0.25) is 0 Å². The van der Waals surface area contributed by atoms with Gasteiger partial charge < -0.3 is 9.52 Å². The van der Waals surface area contributed by atoms with Gasteiger partial charge in [0.25, 0.3) is 5.91 Å². The molecule has 4 aromatic rings. The van der Waals surface area contributed by atoms with Crippen LogP contribution in [0.4, 0.5) is 0 Å². The summed E-state index contributed by atoms with van der Waals surface area (Å²) < 4.78 is 6.73. The number of nitrogens with zero attached hydrogens (tertiary/aromatic N) is 1. The number of hydrogen-bond donors (Lipinski definition) is 2. The number of aliphatic hydroxyl groups is 1. The van der Waals surface area contributed by atoms with E-state index in [-0.39, 0.29) is 0 Å². The molecule has 0 aliphatic rings. The van der Waals surface area contributed by atoms with E-state index < -0.39 is 11.5 Å². The van der Waals surface area contributed by atoms with Gasteiger partial charge in [0.1, 0.15) is 11.5 Å². The lowest BCUT2D eigenvalue weighted by atomic mass is 9.85. The number of furan rings is 1. The monoisotopic (exact) mass is 474 g/mol. The molecule has 0 bridgehead atoms. The van der Waals surface area contributed by atoms with Crippen LogP contribution < -0.4 is 5.43 Å². The van der Waals surface area contributed by atoms with E-state index in [2.05, 4.69) is 26.5 Å². The Kier molecular flexibility index (Phi) is 6.11. The minimum absolute atomic E-state index is 0.448. The maximum Gasteiger partial charge on any atom is 0.281 e. The normalized spacial score (nSPS) is 11.5. The number of benzene rings is 3. The Morgan fingerprint density at radius 2 is 1.55 bits per heavy atom. The third-order valence-corrected chi connectivity index (χ3v) is 5.30. The fourth-order valence-electron chi connectivity index (χ4n) is 3.24. The summed E-state index contributed by atoms with van der Waals surface area (Å²) in [5, 5.41) is 15.4. The Morgan fingerprint density at radius 1 is 0.903 bits per heavy atom. The molecule has 0 aliphatic carbocycles.